The molecule has 0 bridgehead atoms. The maximum absolute atomic E-state index is 13.5. The van der Waals surface area contributed by atoms with Gasteiger partial charge in [-0.3, -0.25) is 4.79 Å². The molecule has 0 spiro atoms. The van der Waals surface area contributed by atoms with E-state index in [1.165, 1.54) is 13.0 Å². The van der Waals surface area contributed by atoms with E-state index in [9.17, 15) is 17.6 Å². The van der Waals surface area contributed by atoms with E-state index in [4.69, 9.17) is 5.73 Å². The van der Waals surface area contributed by atoms with Gasteiger partial charge in [-0.2, -0.15) is 0 Å². The van der Waals surface area contributed by atoms with Gasteiger partial charge in [-0.15, -0.1) is 0 Å². The first-order valence-corrected chi connectivity index (χ1v) is 5.86. The van der Waals surface area contributed by atoms with Crippen LogP contribution >= 0.6 is 0 Å². The van der Waals surface area contributed by atoms with Gasteiger partial charge in [0.25, 0.3) is 5.91 Å². The number of sulfone groups is 1. The fraction of sp³-hybridized carbons (Fsp3) is 0.222. The minimum atomic E-state index is -3.67. The van der Waals surface area contributed by atoms with Gasteiger partial charge in [0.15, 0.2) is 15.7 Å². The van der Waals surface area contributed by atoms with Gasteiger partial charge in [0.2, 0.25) is 0 Å². The van der Waals surface area contributed by atoms with Gasteiger partial charge < -0.3 is 5.73 Å². The van der Waals surface area contributed by atoms with E-state index in [0.29, 0.717) is 0 Å². The van der Waals surface area contributed by atoms with Crippen LogP contribution in [0.3, 0.4) is 0 Å². The maximum atomic E-state index is 13.5. The number of benzene rings is 1. The quantitative estimate of drug-likeness (QED) is 0.832. The first kappa shape index (κ1) is 11.6. The summed E-state index contributed by atoms with van der Waals surface area (Å²) in [6.45, 7) is 1.39. The van der Waals surface area contributed by atoms with Crippen molar-refractivity contribution in [1.82, 2.24) is 0 Å². The van der Waals surface area contributed by atoms with Crippen LogP contribution in [0.2, 0.25) is 0 Å². The van der Waals surface area contributed by atoms with Gasteiger partial charge in [-0.25, -0.2) is 12.8 Å². The summed E-state index contributed by atoms with van der Waals surface area (Å²) in [4.78, 5) is 10.3. The highest BCUT2D eigenvalue weighted by Crippen LogP contribution is 2.18. The fourth-order valence-corrected chi connectivity index (χ4v) is 2.08. The predicted octanol–water partition coefficient (Wildman–Crippen LogP) is 0.718. The Hall–Kier alpha value is -1.43. The van der Waals surface area contributed by atoms with Crippen LogP contribution in [0, 0.1) is 5.82 Å². The zero-order valence-corrected chi connectivity index (χ0v) is 8.84. The summed E-state index contributed by atoms with van der Waals surface area (Å²) >= 11 is 0. The fourth-order valence-electron chi connectivity index (χ4n) is 1.10. The van der Waals surface area contributed by atoms with Gasteiger partial charge in [0, 0.05) is 0 Å². The van der Waals surface area contributed by atoms with Crippen molar-refractivity contribution >= 4 is 15.7 Å². The molecule has 2 N–H and O–H groups in total. The van der Waals surface area contributed by atoms with Crippen molar-refractivity contribution < 1.29 is 17.6 Å². The molecular formula is C9H10FNO3S. The van der Waals surface area contributed by atoms with E-state index in [-0.39, 0.29) is 5.75 Å². The van der Waals surface area contributed by atoms with E-state index in [1.807, 2.05) is 0 Å². The highest BCUT2D eigenvalue weighted by Gasteiger charge is 2.20. The Balaban J connectivity index is 3.47. The summed E-state index contributed by atoms with van der Waals surface area (Å²) < 4.78 is 36.3. The number of amides is 1. The lowest BCUT2D eigenvalue weighted by molar-refractivity contribution is 0.0996. The smallest absolute Gasteiger partial charge is 0.251 e. The van der Waals surface area contributed by atoms with Gasteiger partial charge in [0.1, 0.15) is 4.90 Å². The molecule has 0 radical (unpaired) electrons. The molecule has 82 valence electrons. The van der Waals surface area contributed by atoms with Gasteiger partial charge in [0.05, 0.1) is 11.3 Å². The van der Waals surface area contributed by atoms with Crippen LogP contribution in [0.4, 0.5) is 4.39 Å². The lowest BCUT2D eigenvalue weighted by Crippen LogP contribution is -2.16. The van der Waals surface area contributed by atoms with Crippen molar-refractivity contribution in [2.75, 3.05) is 5.75 Å². The van der Waals surface area contributed by atoms with Crippen molar-refractivity contribution in [3.63, 3.8) is 0 Å². The van der Waals surface area contributed by atoms with Crippen molar-refractivity contribution in [3.8, 4) is 0 Å². The molecule has 0 saturated heterocycles. The second-order valence-corrected chi connectivity index (χ2v) is 5.13. The Morgan fingerprint density at radius 1 is 1.47 bits per heavy atom. The number of hydrogen-bond donors (Lipinski definition) is 1. The second kappa shape index (κ2) is 3.98. The number of nitrogens with two attached hydrogens (primary N) is 1. The van der Waals surface area contributed by atoms with Crippen LogP contribution in [0.15, 0.2) is 23.1 Å². The largest absolute Gasteiger partial charge is 0.366 e. The summed E-state index contributed by atoms with van der Waals surface area (Å²) in [5.41, 5.74) is 4.48. The normalized spacial score (nSPS) is 11.3. The molecule has 0 heterocycles. The van der Waals surface area contributed by atoms with Crippen molar-refractivity contribution in [3.05, 3.63) is 29.6 Å². The van der Waals surface area contributed by atoms with Gasteiger partial charge in [-0.1, -0.05) is 13.0 Å². The average molecular weight is 231 g/mol. The minimum absolute atomic E-state index is 0.230. The van der Waals surface area contributed by atoms with E-state index in [1.54, 1.807) is 0 Å². The second-order valence-electron chi connectivity index (χ2n) is 2.89. The number of primary amides is 1. The molecule has 6 heteroatoms. The summed E-state index contributed by atoms with van der Waals surface area (Å²) in [6, 6.07) is 3.54. The number of rotatable bonds is 3. The number of carbonyl (C=O) groups is 1. The van der Waals surface area contributed by atoms with E-state index >= 15 is 0 Å². The molecule has 4 nitrogen and oxygen atoms in total. The Labute approximate surface area is 86.8 Å². The summed E-state index contributed by atoms with van der Waals surface area (Å²) in [6.07, 6.45) is 0. The first-order chi connectivity index (χ1) is 6.90. The molecule has 0 fully saturated rings. The third-order valence-electron chi connectivity index (χ3n) is 1.94. The Morgan fingerprint density at radius 2 is 2.07 bits per heavy atom. The predicted molar refractivity (Wildman–Crippen MR) is 52.6 cm³/mol. The standard InChI is InChI=1S/C9H10FNO3S/c1-2-15(13,14)7-5-3-4-6(8(7)10)9(11)12/h3-5H,2H2,1H3,(H2,11,12). The average Bonchev–Trinajstić information content (AvgIpc) is 2.17. The lowest BCUT2D eigenvalue weighted by Gasteiger charge is -2.05. The topological polar surface area (TPSA) is 77.2 Å². The van der Waals surface area contributed by atoms with E-state index in [2.05, 4.69) is 0 Å². The molecule has 1 aromatic carbocycles. The third-order valence-corrected chi connectivity index (χ3v) is 3.69. The van der Waals surface area contributed by atoms with Crippen LogP contribution in [-0.2, 0) is 9.84 Å². The van der Waals surface area contributed by atoms with Crippen LogP contribution in [-0.4, -0.2) is 20.1 Å². The zero-order valence-electron chi connectivity index (χ0n) is 8.03. The molecule has 0 saturated carbocycles. The Bertz CT molecular complexity index is 496. The molecule has 1 rings (SSSR count). The number of hydrogen-bond acceptors (Lipinski definition) is 3. The maximum Gasteiger partial charge on any atom is 0.251 e. The number of carbonyl (C=O) groups excluding carboxylic acids is 1. The van der Waals surface area contributed by atoms with E-state index < -0.39 is 32.0 Å². The third kappa shape index (κ3) is 2.15. The molecular weight excluding hydrogens is 221 g/mol. The van der Waals surface area contributed by atoms with Crippen molar-refractivity contribution in [2.24, 2.45) is 5.73 Å². The molecule has 0 aliphatic rings. The van der Waals surface area contributed by atoms with E-state index in [0.717, 1.165) is 12.1 Å². The first-order valence-electron chi connectivity index (χ1n) is 4.21. The van der Waals surface area contributed by atoms with Crippen LogP contribution in [0.1, 0.15) is 17.3 Å². The Morgan fingerprint density at radius 3 is 2.53 bits per heavy atom. The summed E-state index contributed by atoms with van der Waals surface area (Å²) in [5.74, 6) is -2.29. The molecule has 0 unspecified atom stereocenters. The SMILES string of the molecule is CCS(=O)(=O)c1cccc(C(N)=O)c1F. The van der Waals surface area contributed by atoms with Crippen molar-refractivity contribution in [1.29, 1.82) is 0 Å². The highest BCUT2D eigenvalue weighted by atomic mass is 32.2. The van der Waals surface area contributed by atoms with Crippen LogP contribution < -0.4 is 5.73 Å². The summed E-state index contributed by atoms with van der Waals surface area (Å²) in [7, 11) is -3.67. The molecule has 0 aliphatic carbocycles. The molecule has 0 atom stereocenters. The number of halogens is 1. The molecule has 0 aromatic heterocycles. The van der Waals surface area contributed by atoms with Gasteiger partial charge >= 0.3 is 0 Å². The van der Waals surface area contributed by atoms with Crippen LogP contribution in [0.5, 0.6) is 0 Å². The molecule has 1 aromatic rings. The molecule has 15 heavy (non-hydrogen) atoms. The molecule has 0 aliphatic heterocycles. The monoisotopic (exact) mass is 231 g/mol. The molecule has 1 amide bonds. The zero-order chi connectivity index (χ0) is 11.6. The highest BCUT2D eigenvalue weighted by molar-refractivity contribution is 7.91. The van der Waals surface area contributed by atoms with Crippen LogP contribution in [0.25, 0.3) is 0 Å². The summed E-state index contributed by atoms with van der Waals surface area (Å²) in [5, 5.41) is 0. The van der Waals surface area contributed by atoms with Crippen molar-refractivity contribution in [2.45, 2.75) is 11.8 Å². The Kier molecular flexibility index (Phi) is 3.09. The lowest BCUT2D eigenvalue weighted by atomic mass is 10.2. The van der Waals surface area contributed by atoms with Gasteiger partial charge in [-0.05, 0) is 12.1 Å². The minimum Gasteiger partial charge on any atom is -0.366 e.